The SMILES string of the molecule is N#Cc1ccc(S(=O)(=O)N2C[C@H](S(=O)(=O)c3ccc(Cl)cc3)[C@@](O)(CCCC(F)(F)F)C2)c(Cl)c1. The third-order valence-corrected chi connectivity index (χ3v) is 10.5. The summed E-state index contributed by atoms with van der Waals surface area (Å²) < 4.78 is 92.2. The first-order valence-corrected chi connectivity index (χ1v) is 13.8. The van der Waals surface area contributed by atoms with E-state index in [-0.39, 0.29) is 20.5 Å². The minimum atomic E-state index is -4.54. The Kier molecular flexibility index (Phi) is 7.82. The van der Waals surface area contributed by atoms with Crippen molar-refractivity contribution in [1.29, 1.82) is 5.26 Å². The summed E-state index contributed by atoms with van der Waals surface area (Å²) in [6, 6.07) is 10.1. The van der Waals surface area contributed by atoms with Crippen molar-refractivity contribution in [3.05, 3.63) is 58.1 Å². The van der Waals surface area contributed by atoms with E-state index < -0.39 is 74.1 Å². The summed E-state index contributed by atoms with van der Waals surface area (Å²) in [5.41, 5.74) is -2.22. The predicted octanol–water partition coefficient (Wildman–Crippen LogP) is 4.18. The number of nitriles is 1. The van der Waals surface area contributed by atoms with Crippen molar-refractivity contribution in [2.24, 2.45) is 0 Å². The Morgan fingerprint density at radius 3 is 2.29 bits per heavy atom. The summed E-state index contributed by atoms with van der Waals surface area (Å²) >= 11 is 11.8. The van der Waals surface area contributed by atoms with Gasteiger partial charge in [0.25, 0.3) is 0 Å². The van der Waals surface area contributed by atoms with Crippen LogP contribution in [0.25, 0.3) is 0 Å². The maximum absolute atomic E-state index is 13.4. The number of halogens is 5. The number of alkyl halides is 3. The van der Waals surface area contributed by atoms with Gasteiger partial charge in [-0.1, -0.05) is 23.2 Å². The molecule has 1 aliphatic rings. The lowest BCUT2D eigenvalue weighted by molar-refractivity contribution is -0.137. The molecule has 0 spiro atoms. The summed E-state index contributed by atoms with van der Waals surface area (Å²) in [4.78, 5) is -0.697. The lowest BCUT2D eigenvalue weighted by Gasteiger charge is -2.29. The van der Waals surface area contributed by atoms with Crippen LogP contribution in [0.3, 0.4) is 0 Å². The Hall–Kier alpha value is -1.88. The molecule has 35 heavy (non-hydrogen) atoms. The van der Waals surface area contributed by atoms with E-state index in [0.29, 0.717) is 4.31 Å². The molecule has 0 amide bonds. The van der Waals surface area contributed by atoms with Gasteiger partial charge in [0.1, 0.15) is 10.1 Å². The van der Waals surface area contributed by atoms with Crippen molar-refractivity contribution in [3.63, 3.8) is 0 Å². The third kappa shape index (κ3) is 5.93. The van der Waals surface area contributed by atoms with Crippen molar-refractivity contribution >= 4 is 43.1 Å². The zero-order valence-electron chi connectivity index (χ0n) is 17.8. The minimum absolute atomic E-state index is 0.0854. The number of aliphatic hydroxyl groups is 1. The zero-order chi connectivity index (χ0) is 26.2. The van der Waals surface area contributed by atoms with Crippen LogP contribution >= 0.6 is 23.2 Å². The lowest BCUT2D eigenvalue weighted by Crippen LogP contribution is -2.46. The quantitative estimate of drug-likeness (QED) is 0.534. The van der Waals surface area contributed by atoms with Crippen molar-refractivity contribution in [2.45, 2.75) is 46.1 Å². The fourth-order valence-corrected chi connectivity index (χ4v) is 8.18. The molecule has 0 radical (unpaired) electrons. The fraction of sp³-hybridized carbons (Fsp3) is 0.381. The second kappa shape index (κ2) is 9.88. The van der Waals surface area contributed by atoms with E-state index >= 15 is 0 Å². The van der Waals surface area contributed by atoms with Gasteiger partial charge in [0, 0.05) is 24.5 Å². The maximum Gasteiger partial charge on any atom is 0.389 e. The van der Waals surface area contributed by atoms with Crippen molar-refractivity contribution in [1.82, 2.24) is 4.31 Å². The van der Waals surface area contributed by atoms with Gasteiger partial charge >= 0.3 is 6.18 Å². The monoisotopic (exact) mass is 570 g/mol. The van der Waals surface area contributed by atoms with Gasteiger partial charge < -0.3 is 5.11 Å². The van der Waals surface area contributed by atoms with Crippen LogP contribution in [-0.2, 0) is 19.9 Å². The summed E-state index contributed by atoms with van der Waals surface area (Å²) in [5, 5.41) is 18.4. The summed E-state index contributed by atoms with van der Waals surface area (Å²) in [6.45, 7) is -1.48. The first-order valence-electron chi connectivity index (χ1n) is 10.1. The standard InChI is InChI=1S/C21H19Cl2F3N2O5S2/c22-15-3-5-16(6-4-15)34(30,31)19-12-28(13-20(19,29)8-1-9-21(24,25)26)35(32,33)18-7-2-14(11-27)10-17(18)23/h2-7,10,19,29H,1,8-9,12-13H2/t19-,20+/m0/s1. The molecule has 1 aliphatic heterocycles. The van der Waals surface area contributed by atoms with Crippen LogP contribution < -0.4 is 0 Å². The van der Waals surface area contributed by atoms with Gasteiger partial charge in [0.2, 0.25) is 10.0 Å². The Morgan fingerprint density at radius 2 is 1.74 bits per heavy atom. The van der Waals surface area contributed by atoms with Gasteiger partial charge in [-0.15, -0.1) is 0 Å². The number of hydrogen-bond acceptors (Lipinski definition) is 6. The number of nitrogens with zero attached hydrogens (tertiary/aromatic N) is 2. The molecule has 2 atom stereocenters. The second-order valence-electron chi connectivity index (χ2n) is 8.11. The highest BCUT2D eigenvalue weighted by atomic mass is 35.5. The van der Waals surface area contributed by atoms with Crippen molar-refractivity contribution in [3.8, 4) is 6.07 Å². The molecule has 0 bridgehead atoms. The third-order valence-electron chi connectivity index (χ3n) is 5.68. The molecule has 1 saturated heterocycles. The van der Waals surface area contributed by atoms with Crippen LogP contribution in [0.15, 0.2) is 52.3 Å². The predicted molar refractivity (Wildman–Crippen MR) is 122 cm³/mol. The Bertz CT molecular complexity index is 1360. The topological polar surface area (TPSA) is 116 Å². The zero-order valence-corrected chi connectivity index (χ0v) is 21.0. The Balaban J connectivity index is 2.02. The largest absolute Gasteiger partial charge is 0.389 e. The molecule has 190 valence electrons. The average Bonchev–Trinajstić information content (AvgIpc) is 3.12. The van der Waals surface area contributed by atoms with E-state index in [1.807, 2.05) is 0 Å². The summed E-state index contributed by atoms with van der Waals surface area (Å²) in [6.07, 6.45) is -7.05. The number of sulfone groups is 1. The van der Waals surface area contributed by atoms with Crippen LogP contribution in [-0.4, -0.2) is 56.4 Å². The van der Waals surface area contributed by atoms with E-state index in [1.165, 1.54) is 30.3 Å². The summed E-state index contributed by atoms with van der Waals surface area (Å²) in [7, 11) is -8.87. The van der Waals surface area contributed by atoms with Gasteiger partial charge in [0.05, 0.1) is 27.2 Å². The molecule has 7 nitrogen and oxygen atoms in total. The highest BCUT2D eigenvalue weighted by Gasteiger charge is 2.55. The van der Waals surface area contributed by atoms with E-state index in [1.54, 1.807) is 6.07 Å². The number of β-amino-alcohol motifs (C(OH)–C–C–N with tert-alkyl or cyclic N) is 1. The smallest absolute Gasteiger partial charge is 0.387 e. The molecule has 2 aromatic rings. The van der Waals surface area contributed by atoms with Gasteiger partial charge in [-0.2, -0.15) is 22.7 Å². The van der Waals surface area contributed by atoms with Gasteiger partial charge in [-0.25, -0.2) is 16.8 Å². The van der Waals surface area contributed by atoms with Crippen LogP contribution in [0.1, 0.15) is 24.8 Å². The molecule has 0 unspecified atom stereocenters. The number of hydrogen-bond donors (Lipinski definition) is 1. The van der Waals surface area contributed by atoms with E-state index in [0.717, 1.165) is 12.1 Å². The van der Waals surface area contributed by atoms with Crippen LogP contribution in [0.2, 0.25) is 10.0 Å². The number of benzene rings is 2. The first-order chi connectivity index (χ1) is 16.1. The fourth-order valence-electron chi connectivity index (χ4n) is 3.94. The molecule has 0 aliphatic carbocycles. The first kappa shape index (κ1) is 27.7. The molecule has 3 rings (SSSR count). The van der Waals surface area contributed by atoms with E-state index in [9.17, 15) is 35.1 Å². The molecule has 0 aromatic heterocycles. The average molecular weight is 571 g/mol. The maximum atomic E-state index is 13.4. The Labute approximate surface area is 210 Å². The molecule has 1 N–H and O–H groups in total. The highest BCUT2D eigenvalue weighted by molar-refractivity contribution is 7.92. The normalized spacial score (nSPS) is 21.7. The van der Waals surface area contributed by atoms with E-state index in [4.69, 9.17) is 28.5 Å². The van der Waals surface area contributed by atoms with Crippen LogP contribution in [0.5, 0.6) is 0 Å². The molecule has 1 fully saturated rings. The number of sulfonamides is 1. The number of rotatable bonds is 7. The van der Waals surface area contributed by atoms with E-state index in [2.05, 4.69) is 0 Å². The van der Waals surface area contributed by atoms with Gasteiger partial charge in [-0.3, -0.25) is 0 Å². The minimum Gasteiger partial charge on any atom is -0.387 e. The molecule has 14 heteroatoms. The van der Waals surface area contributed by atoms with Crippen molar-refractivity contribution in [2.75, 3.05) is 13.1 Å². The molecular weight excluding hydrogens is 552 g/mol. The Morgan fingerprint density at radius 1 is 1.11 bits per heavy atom. The molecule has 1 heterocycles. The van der Waals surface area contributed by atoms with Crippen LogP contribution in [0.4, 0.5) is 13.2 Å². The van der Waals surface area contributed by atoms with Crippen LogP contribution in [0, 0.1) is 11.3 Å². The summed E-state index contributed by atoms with van der Waals surface area (Å²) in [5.74, 6) is 0. The molecule has 2 aromatic carbocycles. The molecular formula is C21H19Cl2F3N2O5S2. The second-order valence-corrected chi connectivity index (χ2v) is 13.0. The molecule has 0 saturated carbocycles. The van der Waals surface area contributed by atoms with Gasteiger partial charge in [0.15, 0.2) is 9.84 Å². The van der Waals surface area contributed by atoms with Gasteiger partial charge in [-0.05, 0) is 55.3 Å². The van der Waals surface area contributed by atoms with Crippen molar-refractivity contribution < 1.29 is 35.1 Å². The lowest BCUT2D eigenvalue weighted by atomic mass is 9.95. The highest BCUT2D eigenvalue weighted by Crippen LogP contribution is 2.39.